The largest absolute Gasteiger partial charge is 0.346 e. The Morgan fingerprint density at radius 1 is 1.27 bits per heavy atom. The summed E-state index contributed by atoms with van der Waals surface area (Å²) in [6.45, 7) is 10.3. The highest BCUT2D eigenvalue weighted by Gasteiger charge is 1.92. The van der Waals surface area contributed by atoms with Gasteiger partial charge < -0.3 is 4.98 Å². The van der Waals surface area contributed by atoms with Gasteiger partial charge in [0.15, 0.2) is 0 Å². The lowest BCUT2D eigenvalue weighted by Crippen LogP contribution is -1.76. The van der Waals surface area contributed by atoms with Crippen molar-refractivity contribution in [3.63, 3.8) is 0 Å². The van der Waals surface area contributed by atoms with Crippen molar-refractivity contribution >= 4 is 11.0 Å². The number of nitrogens with one attached hydrogen (secondary N) is 1. The lowest BCUT2D eigenvalue weighted by atomic mass is 10.2. The molecule has 2 rings (SSSR count). The molecule has 84 valence electrons. The van der Waals surface area contributed by atoms with Gasteiger partial charge in [0, 0.05) is 17.8 Å². The Morgan fingerprint density at radius 2 is 1.87 bits per heavy atom. The van der Waals surface area contributed by atoms with E-state index in [1.807, 2.05) is 39.2 Å². The Kier molecular flexibility index (Phi) is 7.33. The summed E-state index contributed by atoms with van der Waals surface area (Å²) in [6.07, 6.45) is 5.01. The van der Waals surface area contributed by atoms with Crippen molar-refractivity contribution in [2.24, 2.45) is 0 Å². The number of aromatic nitrogens is 2. The average molecular weight is 206 g/mol. The first kappa shape index (κ1) is 13.7. The van der Waals surface area contributed by atoms with Gasteiger partial charge in [0.25, 0.3) is 0 Å². The van der Waals surface area contributed by atoms with Crippen molar-refractivity contribution in [3.8, 4) is 0 Å². The fourth-order valence-electron chi connectivity index (χ4n) is 1.05. The van der Waals surface area contributed by atoms with Gasteiger partial charge in [-0.05, 0) is 24.6 Å². The van der Waals surface area contributed by atoms with Crippen LogP contribution in [-0.2, 0) is 0 Å². The summed E-state index contributed by atoms with van der Waals surface area (Å²) in [6, 6.07) is 4.13. The van der Waals surface area contributed by atoms with Crippen LogP contribution in [0.25, 0.3) is 11.0 Å². The molecule has 0 unspecified atom stereocenters. The van der Waals surface area contributed by atoms with Crippen LogP contribution in [0.5, 0.6) is 0 Å². The van der Waals surface area contributed by atoms with Crippen LogP contribution in [0.2, 0.25) is 0 Å². The number of aromatic amines is 1. The molecule has 2 heteroatoms. The topological polar surface area (TPSA) is 28.7 Å². The molecule has 0 aliphatic carbocycles. The van der Waals surface area contributed by atoms with Crippen LogP contribution in [0.15, 0.2) is 24.5 Å². The van der Waals surface area contributed by atoms with Gasteiger partial charge in [-0.2, -0.15) is 0 Å². The third kappa shape index (κ3) is 4.63. The number of pyridine rings is 1. The van der Waals surface area contributed by atoms with E-state index in [9.17, 15) is 0 Å². The minimum atomic E-state index is 0.964. The molecule has 0 aromatic carbocycles. The van der Waals surface area contributed by atoms with Crippen molar-refractivity contribution in [1.29, 1.82) is 0 Å². The van der Waals surface area contributed by atoms with E-state index < -0.39 is 0 Å². The summed E-state index contributed by atoms with van der Waals surface area (Å²) in [4.78, 5) is 7.22. The fraction of sp³-hybridized carbons (Fsp3) is 0.462. The normalized spacial score (nSPS) is 8.60. The van der Waals surface area contributed by atoms with E-state index in [1.54, 1.807) is 0 Å². The van der Waals surface area contributed by atoms with E-state index in [1.165, 1.54) is 17.4 Å². The maximum atomic E-state index is 4.19. The van der Waals surface area contributed by atoms with Crippen molar-refractivity contribution in [2.45, 2.75) is 41.0 Å². The van der Waals surface area contributed by atoms with Crippen molar-refractivity contribution < 1.29 is 0 Å². The van der Waals surface area contributed by atoms with Crippen LogP contribution in [0.1, 0.15) is 39.7 Å². The van der Waals surface area contributed by atoms with Gasteiger partial charge >= 0.3 is 0 Å². The molecule has 15 heavy (non-hydrogen) atoms. The summed E-state index contributed by atoms with van der Waals surface area (Å²) >= 11 is 0. The molecule has 0 amide bonds. The second-order valence-electron chi connectivity index (χ2n) is 3.14. The van der Waals surface area contributed by atoms with E-state index in [2.05, 4.69) is 29.9 Å². The first-order valence-corrected chi connectivity index (χ1v) is 5.67. The van der Waals surface area contributed by atoms with E-state index in [-0.39, 0.29) is 0 Å². The molecule has 0 saturated carbocycles. The highest BCUT2D eigenvalue weighted by atomic mass is 14.8. The lowest BCUT2D eigenvalue weighted by molar-refractivity contribution is 1.09. The zero-order valence-corrected chi connectivity index (χ0v) is 10.5. The number of hydrogen-bond acceptors (Lipinski definition) is 1. The molecule has 0 spiro atoms. The van der Waals surface area contributed by atoms with Crippen molar-refractivity contribution in [3.05, 3.63) is 30.1 Å². The predicted molar refractivity (Wildman–Crippen MR) is 68.1 cm³/mol. The third-order valence-electron chi connectivity index (χ3n) is 1.54. The zero-order valence-electron chi connectivity index (χ0n) is 10.5. The molecule has 2 aromatic rings. The van der Waals surface area contributed by atoms with Crippen LogP contribution in [0.3, 0.4) is 0 Å². The molecule has 0 aliphatic heterocycles. The van der Waals surface area contributed by atoms with Crippen LogP contribution < -0.4 is 0 Å². The Balaban J connectivity index is 0.000000342. The Labute approximate surface area is 92.7 Å². The van der Waals surface area contributed by atoms with Crippen LogP contribution >= 0.6 is 0 Å². The van der Waals surface area contributed by atoms with Gasteiger partial charge in [-0.1, -0.05) is 34.1 Å². The quantitative estimate of drug-likeness (QED) is 0.683. The molecule has 0 fully saturated rings. The SMILES string of the molecule is CC.CCC.Cc1cnc2[nH]ccc2c1. The molecule has 0 atom stereocenters. The molecule has 0 saturated heterocycles. The summed E-state index contributed by atoms with van der Waals surface area (Å²) in [5, 5.41) is 1.18. The summed E-state index contributed by atoms with van der Waals surface area (Å²) in [5.41, 5.74) is 2.16. The smallest absolute Gasteiger partial charge is 0.137 e. The van der Waals surface area contributed by atoms with Crippen molar-refractivity contribution in [2.75, 3.05) is 0 Å². The first-order chi connectivity index (χ1) is 7.27. The molecule has 0 radical (unpaired) electrons. The predicted octanol–water partition coefficient (Wildman–Crippen LogP) is 4.31. The Hall–Kier alpha value is -1.31. The maximum absolute atomic E-state index is 4.19. The number of nitrogens with zero attached hydrogens (tertiary/aromatic N) is 1. The molecule has 0 aliphatic rings. The number of rotatable bonds is 0. The molecule has 2 nitrogen and oxygen atoms in total. The Morgan fingerprint density at radius 3 is 2.47 bits per heavy atom. The number of aryl methyl sites for hydroxylation is 1. The summed E-state index contributed by atoms with van der Waals surface area (Å²) < 4.78 is 0. The lowest BCUT2D eigenvalue weighted by Gasteiger charge is -1.89. The molecule has 0 bridgehead atoms. The third-order valence-corrected chi connectivity index (χ3v) is 1.54. The monoisotopic (exact) mass is 206 g/mol. The molecule has 2 heterocycles. The minimum absolute atomic E-state index is 0.964. The average Bonchev–Trinajstić information content (AvgIpc) is 2.69. The molecule has 2 aromatic heterocycles. The highest BCUT2D eigenvalue weighted by Crippen LogP contribution is 2.09. The van der Waals surface area contributed by atoms with Crippen LogP contribution in [0, 0.1) is 6.92 Å². The van der Waals surface area contributed by atoms with Gasteiger partial charge in [0.2, 0.25) is 0 Å². The molecule has 1 N–H and O–H groups in total. The van der Waals surface area contributed by atoms with E-state index in [4.69, 9.17) is 0 Å². The summed E-state index contributed by atoms with van der Waals surface area (Å²) in [5.74, 6) is 0. The van der Waals surface area contributed by atoms with Crippen LogP contribution in [-0.4, -0.2) is 9.97 Å². The second kappa shape index (κ2) is 8.04. The molecular weight excluding hydrogens is 184 g/mol. The fourth-order valence-corrected chi connectivity index (χ4v) is 1.05. The van der Waals surface area contributed by atoms with Gasteiger partial charge in [0.05, 0.1) is 0 Å². The van der Waals surface area contributed by atoms with E-state index in [0.29, 0.717) is 0 Å². The summed E-state index contributed by atoms with van der Waals surface area (Å²) in [7, 11) is 0. The first-order valence-electron chi connectivity index (χ1n) is 5.67. The zero-order chi connectivity index (χ0) is 11.7. The minimum Gasteiger partial charge on any atom is -0.346 e. The van der Waals surface area contributed by atoms with Crippen LogP contribution in [0.4, 0.5) is 0 Å². The maximum Gasteiger partial charge on any atom is 0.137 e. The number of H-pyrrole nitrogens is 1. The van der Waals surface area contributed by atoms with Gasteiger partial charge in [-0.15, -0.1) is 0 Å². The van der Waals surface area contributed by atoms with Crippen molar-refractivity contribution in [1.82, 2.24) is 9.97 Å². The van der Waals surface area contributed by atoms with Gasteiger partial charge in [-0.25, -0.2) is 4.98 Å². The van der Waals surface area contributed by atoms with Gasteiger partial charge in [-0.3, -0.25) is 0 Å². The van der Waals surface area contributed by atoms with Gasteiger partial charge in [0.1, 0.15) is 5.65 Å². The van der Waals surface area contributed by atoms with E-state index in [0.717, 1.165) is 5.65 Å². The Bertz CT molecular complexity index is 363. The highest BCUT2D eigenvalue weighted by molar-refractivity contribution is 5.75. The molecular formula is C13H22N2. The standard InChI is InChI=1S/C8H8N2.C3H8.C2H6/c1-6-4-7-2-3-9-8(7)10-5-6;1-3-2;1-2/h2-5H,1H3,(H,9,10);3H2,1-2H3;1-2H3. The second-order valence-corrected chi connectivity index (χ2v) is 3.14. The number of fused-ring (bicyclic) bond motifs is 1. The number of hydrogen-bond donors (Lipinski definition) is 1. The van der Waals surface area contributed by atoms with E-state index >= 15 is 0 Å².